The molecule has 0 saturated carbocycles. The minimum Gasteiger partial charge on any atom is -0.756 e. The number of nitrogens with zero attached hydrogens (tertiary/aromatic N) is 1. The van der Waals surface area contributed by atoms with E-state index in [0.29, 0.717) is 17.6 Å². The van der Waals surface area contributed by atoms with E-state index in [-0.39, 0.29) is 26.2 Å². The molecule has 8 nitrogen and oxygen atoms in total. The lowest BCUT2D eigenvalue weighted by Gasteiger charge is -2.28. The fourth-order valence-electron chi connectivity index (χ4n) is 3.78. The summed E-state index contributed by atoms with van der Waals surface area (Å²) in [4.78, 5) is 23.8. The van der Waals surface area contributed by atoms with Crippen LogP contribution in [0.1, 0.15) is 97.3 Å². The maximum Gasteiger partial charge on any atom is 0.305 e. The van der Waals surface area contributed by atoms with E-state index in [9.17, 15) is 14.3 Å². The van der Waals surface area contributed by atoms with Gasteiger partial charge in [-0.2, -0.15) is 0 Å². The van der Waals surface area contributed by atoms with Crippen molar-refractivity contribution in [1.29, 1.82) is 0 Å². The molecule has 0 bridgehead atoms. The lowest BCUT2D eigenvalue weighted by molar-refractivity contribution is -0.870. The van der Waals surface area contributed by atoms with Crippen LogP contribution >= 0.6 is 7.82 Å². The van der Waals surface area contributed by atoms with Gasteiger partial charge in [0.1, 0.15) is 19.3 Å². The van der Waals surface area contributed by atoms with Crippen molar-refractivity contribution >= 4 is 13.8 Å². The second-order valence-electron chi connectivity index (χ2n) is 11.7. The van der Waals surface area contributed by atoms with Gasteiger partial charge >= 0.3 is 5.97 Å². The molecule has 2 unspecified atom stereocenters. The molecular weight excluding hydrogens is 577 g/mol. The fraction of sp³-hybridized carbons (Fsp3) is 0.686. The van der Waals surface area contributed by atoms with E-state index in [4.69, 9.17) is 18.5 Å². The highest BCUT2D eigenvalue weighted by atomic mass is 31.2. The fourth-order valence-corrected chi connectivity index (χ4v) is 4.51. The molecule has 0 amide bonds. The van der Waals surface area contributed by atoms with Gasteiger partial charge in [-0.25, -0.2) is 0 Å². The third-order valence-corrected chi connectivity index (χ3v) is 7.35. The summed E-state index contributed by atoms with van der Waals surface area (Å²) in [5.74, 6) is -0.432. The van der Waals surface area contributed by atoms with Crippen molar-refractivity contribution in [3.63, 3.8) is 0 Å². The number of rotatable bonds is 29. The predicted octanol–water partition coefficient (Wildman–Crippen LogP) is 8.01. The summed E-state index contributed by atoms with van der Waals surface area (Å²) in [7, 11) is 1.32. The van der Waals surface area contributed by atoms with Crippen LogP contribution in [0.3, 0.4) is 0 Å². The molecule has 44 heavy (non-hydrogen) atoms. The van der Waals surface area contributed by atoms with E-state index in [1.54, 1.807) is 6.92 Å². The Morgan fingerprint density at radius 1 is 0.705 bits per heavy atom. The number of carbonyl (C=O) groups excluding carboxylic acids is 1. The first-order valence-electron chi connectivity index (χ1n) is 16.5. The zero-order valence-electron chi connectivity index (χ0n) is 28.3. The molecule has 9 heteroatoms. The zero-order chi connectivity index (χ0) is 32.8. The van der Waals surface area contributed by atoms with Crippen molar-refractivity contribution in [2.75, 3.05) is 54.1 Å². The van der Waals surface area contributed by atoms with E-state index in [0.717, 1.165) is 57.8 Å². The number of likely N-dealkylation sites (N-methyl/N-ethyl adjacent to an activating group) is 1. The summed E-state index contributed by atoms with van der Waals surface area (Å²) < 4.78 is 33.4. The molecule has 0 aliphatic carbocycles. The van der Waals surface area contributed by atoms with E-state index in [1.165, 1.54) is 19.3 Å². The second kappa shape index (κ2) is 28.7. The summed E-state index contributed by atoms with van der Waals surface area (Å²) in [6.45, 7) is 4.64. The smallest absolute Gasteiger partial charge is 0.305 e. The standard InChI is InChI=1S/C35H62NO7P/c1-6-8-9-10-11-12-13-14-15-16-17-18-19-20-21-22-23-24-25-26-27-28-30-40-32-34(43-35(37)7-2)33-42-44(38,39)41-31-29-36(3,4)5/h8-9,11-12,14-15,17-18,20-21,34H,6-7,10,13,16,19,22-33H2,1-5H3/b9-8-,12-11-,15-14-,18-17-,21-20-. The largest absolute Gasteiger partial charge is 0.756 e. The maximum atomic E-state index is 12.0. The van der Waals surface area contributed by atoms with Crippen LogP contribution in [0.4, 0.5) is 0 Å². The molecule has 0 spiro atoms. The minimum absolute atomic E-state index is 0.0174. The summed E-state index contributed by atoms with van der Waals surface area (Å²) in [5.41, 5.74) is 0. The molecule has 0 aromatic carbocycles. The van der Waals surface area contributed by atoms with Crippen LogP contribution in [-0.4, -0.2) is 70.7 Å². The van der Waals surface area contributed by atoms with E-state index >= 15 is 0 Å². The molecular formula is C35H62NO7P. The Hall–Kier alpha value is -1.80. The molecule has 0 aliphatic rings. The first-order valence-corrected chi connectivity index (χ1v) is 18.0. The van der Waals surface area contributed by atoms with Gasteiger partial charge in [0.05, 0.1) is 34.4 Å². The second-order valence-corrected chi connectivity index (χ2v) is 13.2. The van der Waals surface area contributed by atoms with Crippen molar-refractivity contribution < 1.29 is 37.3 Å². The summed E-state index contributed by atoms with van der Waals surface area (Å²) in [6.07, 6.45) is 34.6. The highest BCUT2D eigenvalue weighted by Gasteiger charge is 2.19. The van der Waals surface area contributed by atoms with Gasteiger partial charge < -0.3 is 27.9 Å². The van der Waals surface area contributed by atoms with Crippen molar-refractivity contribution in [2.24, 2.45) is 0 Å². The molecule has 0 aromatic rings. The van der Waals surface area contributed by atoms with Gasteiger partial charge in [-0.3, -0.25) is 9.36 Å². The zero-order valence-corrected chi connectivity index (χ0v) is 29.2. The average molecular weight is 640 g/mol. The van der Waals surface area contributed by atoms with E-state index in [1.807, 2.05) is 21.1 Å². The number of allylic oxidation sites excluding steroid dienone is 10. The van der Waals surface area contributed by atoms with Crippen molar-refractivity contribution in [3.8, 4) is 0 Å². The Bertz CT molecular complexity index is 890. The number of hydrogen-bond donors (Lipinski definition) is 0. The number of hydrogen-bond acceptors (Lipinski definition) is 7. The predicted molar refractivity (Wildman–Crippen MR) is 180 cm³/mol. The Balaban J connectivity index is 3.86. The van der Waals surface area contributed by atoms with Gasteiger partial charge in [-0.15, -0.1) is 0 Å². The lowest BCUT2D eigenvalue weighted by Crippen LogP contribution is -2.37. The minimum atomic E-state index is -4.49. The summed E-state index contributed by atoms with van der Waals surface area (Å²) in [5, 5.41) is 0. The van der Waals surface area contributed by atoms with Crippen molar-refractivity contribution in [1.82, 2.24) is 0 Å². The Morgan fingerprint density at radius 2 is 1.23 bits per heavy atom. The monoisotopic (exact) mass is 639 g/mol. The van der Waals surface area contributed by atoms with Gasteiger partial charge in [0.2, 0.25) is 0 Å². The van der Waals surface area contributed by atoms with Gasteiger partial charge in [-0.1, -0.05) is 100 Å². The third-order valence-electron chi connectivity index (χ3n) is 6.39. The molecule has 0 rings (SSSR count). The molecule has 0 fully saturated rings. The van der Waals surface area contributed by atoms with Crippen LogP contribution < -0.4 is 4.89 Å². The van der Waals surface area contributed by atoms with Gasteiger partial charge in [-0.05, 0) is 51.4 Å². The summed E-state index contributed by atoms with van der Waals surface area (Å²) in [6, 6.07) is 0. The van der Waals surface area contributed by atoms with Crippen LogP contribution in [0.15, 0.2) is 60.8 Å². The molecule has 0 N–H and O–H groups in total. The van der Waals surface area contributed by atoms with Crippen LogP contribution in [0.25, 0.3) is 0 Å². The molecule has 254 valence electrons. The Morgan fingerprint density at radius 3 is 1.77 bits per heavy atom. The number of ether oxygens (including phenoxy) is 2. The molecule has 0 radical (unpaired) electrons. The number of esters is 1. The highest BCUT2D eigenvalue weighted by molar-refractivity contribution is 7.45. The van der Waals surface area contributed by atoms with Crippen molar-refractivity contribution in [2.45, 2.75) is 103 Å². The third kappa shape index (κ3) is 31.6. The number of carbonyl (C=O) groups is 1. The number of unbranched alkanes of at least 4 members (excludes halogenated alkanes) is 6. The van der Waals surface area contributed by atoms with Gasteiger partial charge in [0, 0.05) is 13.0 Å². The quantitative estimate of drug-likeness (QED) is 0.0269. The highest BCUT2D eigenvalue weighted by Crippen LogP contribution is 2.38. The first-order chi connectivity index (χ1) is 21.1. The van der Waals surface area contributed by atoms with Crippen LogP contribution in [-0.2, 0) is 27.9 Å². The molecule has 0 heterocycles. The molecule has 2 atom stereocenters. The molecule has 0 aliphatic heterocycles. The maximum absolute atomic E-state index is 12.0. The number of phosphoric ester groups is 1. The average Bonchev–Trinajstić information content (AvgIpc) is 2.97. The Labute approximate surface area is 269 Å². The molecule has 0 aromatic heterocycles. The van der Waals surface area contributed by atoms with Crippen LogP contribution in [0, 0.1) is 0 Å². The van der Waals surface area contributed by atoms with Crippen LogP contribution in [0.2, 0.25) is 0 Å². The number of phosphoric acid groups is 1. The topological polar surface area (TPSA) is 94.1 Å². The normalized spacial score (nSPS) is 15.0. The van der Waals surface area contributed by atoms with E-state index < -0.39 is 19.9 Å². The SMILES string of the molecule is CC/C=C\C/C=C\C/C=C\C/C=C\C/C=C\CCCCCCCCOCC(COP(=O)([O-])OCC[N+](C)(C)C)OC(=O)CC. The van der Waals surface area contributed by atoms with Crippen LogP contribution in [0.5, 0.6) is 0 Å². The first kappa shape index (κ1) is 42.2. The van der Waals surface area contributed by atoms with Gasteiger partial charge in [0.15, 0.2) is 0 Å². The Kier molecular flexibility index (Phi) is 27.5. The van der Waals surface area contributed by atoms with E-state index in [2.05, 4.69) is 67.7 Å². The number of quaternary nitrogens is 1. The molecule has 0 saturated heterocycles. The summed E-state index contributed by atoms with van der Waals surface area (Å²) >= 11 is 0. The van der Waals surface area contributed by atoms with Gasteiger partial charge in [0.25, 0.3) is 7.82 Å². The van der Waals surface area contributed by atoms with Crippen molar-refractivity contribution in [3.05, 3.63) is 60.8 Å². The lowest BCUT2D eigenvalue weighted by atomic mass is 10.1.